The molecule has 2 rings (SSSR count). The van der Waals surface area contributed by atoms with Gasteiger partial charge in [0.05, 0.1) is 10.6 Å². The number of alkyl halides is 1. The van der Waals surface area contributed by atoms with Crippen LogP contribution in [0.5, 0.6) is 5.75 Å². The highest BCUT2D eigenvalue weighted by atomic mass is 79.9. The summed E-state index contributed by atoms with van der Waals surface area (Å²) in [5.41, 5.74) is -1.01. The fourth-order valence-electron chi connectivity index (χ4n) is 2.28. The second kappa shape index (κ2) is 20.8. The van der Waals surface area contributed by atoms with Crippen molar-refractivity contribution in [1.29, 1.82) is 0 Å². The number of hydrogen-bond acceptors (Lipinski definition) is 8. The summed E-state index contributed by atoms with van der Waals surface area (Å²) < 4.78 is 34.8. The fraction of sp³-hybridized carbons (Fsp3) is 0.500. The fourth-order valence-corrected chi connectivity index (χ4v) is 4.05. The second-order valence-electron chi connectivity index (χ2n) is 9.84. The van der Waals surface area contributed by atoms with E-state index in [4.69, 9.17) is 14.6 Å². The van der Waals surface area contributed by atoms with Gasteiger partial charge in [-0.1, -0.05) is 46.7 Å². The Morgan fingerprint density at radius 3 is 1.61 bits per heavy atom. The maximum Gasteiger partial charge on any atom is 0.407 e. The third kappa shape index (κ3) is 24.4. The number of benzene rings is 2. The number of halogens is 2. The Morgan fingerprint density at radius 2 is 1.24 bits per heavy atom. The molecular formula is C28H46Br2N2O7S2. The molecule has 0 atom stereocenters. The van der Waals surface area contributed by atoms with E-state index in [1.807, 2.05) is 20.8 Å². The Labute approximate surface area is 268 Å². The van der Waals surface area contributed by atoms with Gasteiger partial charge in [0.25, 0.3) is 0 Å². The van der Waals surface area contributed by atoms with Crippen LogP contribution in [0.2, 0.25) is 0 Å². The van der Waals surface area contributed by atoms with E-state index < -0.39 is 27.1 Å². The Hall–Kier alpha value is -1.96. The maximum absolute atomic E-state index is 12.0. The summed E-state index contributed by atoms with van der Waals surface area (Å²) in [4.78, 5) is 23.3. The molecule has 0 unspecified atom stereocenters. The van der Waals surface area contributed by atoms with Gasteiger partial charge in [0.15, 0.2) is 9.84 Å². The molecule has 0 bridgehead atoms. The molecule has 0 fully saturated rings. The molecule has 41 heavy (non-hydrogen) atoms. The van der Waals surface area contributed by atoms with Crippen LogP contribution in [0.15, 0.2) is 62.8 Å². The average molecular weight is 747 g/mol. The topological polar surface area (TPSA) is 131 Å². The number of phenolic OH excluding ortho intramolecular Hbond substituents is 1. The Morgan fingerprint density at radius 1 is 0.829 bits per heavy atom. The number of aromatic hydroxyl groups is 1. The lowest BCUT2D eigenvalue weighted by Crippen LogP contribution is -2.35. The molecule has 0 spiro atoms. The number of carbonyl (C=O) groups excluding carboxylic acids is 2. The number of hydrogen-bond donors (Lipinski definition) is 4. The molecule has 0 saturated carbocycles. The Bertz CT molecular complexity index is 1100. The predicted molar refractivity (Wildman–Crippen MR) is 177 cm³/mol. The van der Waals surface area contributed by atoms with Gasteiger partial charge < -0.3 is 25.2 Å². The van der Waals surface area contributed by atoms with Gasteiger partial charge in [-0.15, -0.1) is 12.6 Å². The number of rotatable bonds is 6. The van der Waals surface area contributed by atoms with E-state index in [9.17, 15) is 18.0 Å². The first-order valence-corrected chi connectivity index (χ1v) is 15.8. The number of nitrogens with one attached hydrogen (secondary N) is 2. The minimum Gasteiger partial charge on any atom is -0.508 e. The van der Waals surface area contributed by atoms with Crippen molar-refractivity contribution in [2.75, 3.05) is 24.2 Å². The van der Waals surface area contributed by atoms with Crippen LogP contribution >= 0.6 is 44.5 Å². The van der Waals surface area contributed by atoms with E-state index in [1.54, 1.807) is 57.2 Å². The van der Waals surface area contributed by atoms with Crippen LogP contribution in [0, 0.1) is 0 Å². The van der Waals surface area contributed by atoms with Crippen molar-refractivity contribution in [3.8, 4) is 5.75 Å². The molecule has 3 N–H and O–H groups in total. The highest BCUT2D eigenvalue weighted by molar-refractivity contribution is 9.10. The number of amides is 2. The zero-order chi connectivity index (χ0) is 30.3. The summed E-state index contributed by atoms with van der Waals surface area (Å²) in [6.45, 7) is 11.3. The quantitative estimate of drug-likeness (QED) is 0.177. The van der Waals surface area contributed by atoms with Gasteiger partial charge in [0.1, 0.15) is 17.0 Å². The van der Waals surface area contributed by atoms with E-state index in [1.165, 1.54) is 12.1 Å². The highest BCUT2D eigenvalue weighted by Crippen LogP contribution is 2.16. The van der Waals surface area contributed by atoms with Gasteiger partial charge in [-0.2, -0.15) is 0 Å². The van der Waals surface area contributed by atoms with Crippen LogP contribution in [-0.2, 0) is 19.3 Å². The van der Waals surface area contributed by atoms with Crippen LogP contribution in [-0.4, -0.2) is 61.1 Å². The minimum atomic E-state index is -3.41. The summed E-state index contributed by atoms with van der Waals surface area (Å²) in [6, 6.07) is 13.0. The smallest absolute Gasteiger partial charge is 0.407 e. The summed E-state index contributed by atoms with van der Waals surface area (Å²) in [5.74, 6) is 0.108. The number of carbonyl (C=O) groups is 2. The van der Waals surface area contributed by atoms with Gasteiger partial charge in [-0.25, -0.2) is 18.0 Å². The predicted octanol–water partition coefficient (Wildman–Crippen LogP) is 7.61. The number of phenols is 1. The van der Waals surface area contributed by atoms with Gasteiger partial charge >= 0.3 is 12.2 Å². The van der Waals surface area contributed by atoms with Crippen LogP contribution in [0.25, 0.3) is 0 Å². The highest BCUT2D eigenvalue weighted by Gasteiger charge is 2.18. The van der Waals surface area contributed by atoms with E-state index >= 15 is 0 Å². The number of thiol groups is 1. The van der Waals surface area contributed by atoms with Crippen molar-refractivity contribution < 1.29 is 32.6 Å². The number of alkyl carbamates (subject to hydrolysis) is 2. The van der Waals surface area contributed by atoms with Crippen LogP contribution in [0.3, 0.4) is 0 Å². The molecule has 0 aliphatic heterocycles. The van der Waals surface area contributed by atoms with Gasteiger partial charge in [-0.3, -0.25) is 0 Å². The van der Waals surface area contributed by atoms with E-state index in [0.29, 0.717) is 6.54 Å². The molecule has 0 aliphatic carbocycles. The van der Waals surface area contributed by atoms with Gasteiger partial charge in [0.2, 0.25) is 0 Å². The minimum absolute atomic E-state index is 0. The lowest BCUT2D eigenvalue weighted by molar-refractivity contribution is 0.0519. The van der Waals surface area contributed by atoms with Crippen molar-refractivity contribution in [3.05, 3.63) is 53.0 Å². The number of sulfone groups is 1. The summed E-state index contributed by atoms with van der Waals surface area (Å²) in [7, 11) is -3.41. The molecule has 2 aromatic rings. The monoisotopic (exact) mass is 744 g/mol. The standard InChI is InChI=1S/C13H18BrNO4S.C7H14BrNO2.C6H6OS.2CH4/c1-13(2,3)19-12(16)15-8-9-20(17,18)11-6-4-10(14)5-7-11;1-7(2,3)11-6(10)9-5-4-8;7-5-1-3-6(8)4-2-5;;/h4-7H,8-9H2,1-3H3,(H,15,16);4-5H2,1-3H3,(H,9,10);1-4,7-8H;2*1H4. The molecule has 13 heteroatoms. The summed E-state index contributed by atoms with van der Waals surface area (Å²) >= 11 is 10.5. The molecule has 0 saturated heterocycles. The molecule has 2 aromatic carbocycles. The molecule has 0 aliphatic rings. The zero-order valence-corrected chi connectivity index (χ0v) is 27.8. The molecule has 0 radical (unpaired) electrons. The zero-order valence-electron chi connectivity index (χ0n) is 23.0. The van der Waals surface area contributed by atoms with E-state index in [-0.39, 0.29) is 43.9 Å². The number of ether oxygens (including phenoxy) is 2. The van der Waals surface area contributed by atoms with Gasteiger partial charge in [0, 0.05) is 27.8 Å². The molecule has 2 amide bonds. The second-order valence-corrected chi connectivity index (χ2v) is 14.2. The molecule has 0 heterocycles. The first-order valence-electron chi connectivity index (χ1n) is 11.8. The maximum atomic E-state index is 12.0. The average Bonchev–Trinajstić information content (AvgIpc) is 2.78. The molecular weight excluding hydrogens is 700 g/mol. The largest absolute Gasteiger partial charge is 0.508 e. The first kappa shape index (κ1) is 43.5. The van der Waals surface area contributed by atoms with E-state index in [2.05, 4.69) is 55.1 Å². The third-order valence-corrected chi connectivity index (χ3v) is 6.78. The molecule has 236 valence electrons. The van der Waals surface area contributed by atoms with Crippen LogP contribution in [0.1, 0.15) is 56.4 Å². The summed E-state index contributed by atoms with van der Waals surface area (Å²) in [5, 5.41) is 14.5. The van der Waals surface area contributed by atoms with Crippen molar-refractivity contribution in [3.63, 3.8) is 0 Å². The lowest BCUT2D eigenvalue weighted by atomic mass is 10.2. The van der Waals surface area contributed by atoms with Crippen LogP contribution in [0.4, 0.5) is 9.59 Å². The van der Waals surface area contributed by atoms with Gasteiger partial charge in [-0.05, 0) is 90.1 Å². The van der Waals surface area contributed by atoms with E-state index in [0.717, 1.165) is 14.7 Å². The lowest BCUT2D eigenvalue weighted by Gasteiger charge is -2.19. The first-order chi connectivity index (χ1) is 17.8. The van der Waals surface area contributed by atoms with Crippen molar-refractivity contribution in [2.45, 2.75) is 77.4 Å². The van der Waals surface area contributed by atoms with Crippen LogP contribution < -0.4 is 10.6 Å². The van der Waals surface area contributed by atoms with Crippen molar-refractivity contribution in [2.24, 2.45) is 0 Å². The Kier molecular flexibility index (Phi) is 22.1. The molecule has 0 aromatic heterocycles. The van der Waals surface area contributed by atoms with Crippen molar-refractivity contribution in [1.82, 2.24) is 10.6 Å². The van der Waals surface area contributed by atoms with Crippen molar-refractivity contribution >= 4 is 66.5 Å². The normalized spacial score (nSPS) is 10.6. The SMILES string of the molecule is C.C.CC(C)(C)OC(=O)NCCBr.CC(C)(C)OC(=O)NCCS(=O)(=O)c1ccc(Br)cc1.Oc1ccc(S)cc1. The summed E-state index contributed by atoms with van der Waals surface area (Å²) in [6.07, 6.45) is -0.986. The Balaban J connectivity index is -0.000000581. The molecule has 9 nitrogen and oxygen atoms in total. The third-order valence-electron chi connectivity index (χ3n) is 3.82.